The zero-order valence-corrected chi connectivity index (χ0v) is 21.4. The van der Waals surface area contributed by atoms with Gasteiger partial charge >= 0.3 is 5.97 Å². The summed E-state index contributed by atoms with van der Waals surface area (Å²) >= 11 is 0. The minimum atomic E-state index is -0.570. The lowest BCUT2D eigenvalue weighted by molar-refractivity contribution is -0.138. The van der Waals surface area contributed by atoms with Gasteiger partial charge in [0.05, 0.1) is 12.7 Å². The van der Waals surface area contributed by atoms with Crippen molar-refractivity contribution < 1.29 is 23.8 Å². The Morgan fingerprint density at radius 1 is 1.14 bits per heavy atom. The van der Waals surface area contributed by atoms with Crippen molar-refractivity contribution in [3.8, 4) is 11.5 Å². The van der Waals surface area contributed by atoms with Crippen LogP contribution < -0.4 is 14.8 Å². The number of allylic oxidation sites excluding steroid dienone is 3. The van der Waals surface area contributed by atoms with Gasteiger partial charge in [0.2, 0.25) is 0 Å². The van der Waals surface area contributed by atoms with Crippen LogP contribution >= 0.6 is 0 Å². The summed E-state index contributed by atoms with van der Waals surface area (Å²) in [5, 5.41) is 3.35. The first-order valence-electron chi connectivity index (χ1n) is 12.1. The van der Waals surface area contributed by atoms with Gasteiger partial charge in [0.25, 0.3) is 0 Å². The minimum absolute atomic E-state index is 0.0311. The molecule has 2 aliphatic rings. The van der Waals surface area contributed by atoms with Crippen LogP contribution in [0.3, 0.4) is 0 Å². The van der Waals surface area contributed by atoms with E-state index in [0.717, 1.165) is 16.8 Å². The summed E-state index contributed by atoms with van der Waals surface area (Å²) in [7, 11) is 1.58. The van der Waals surface area contributed by atoms with Gasteiger partial charge in [-0.05, 0) is 42.0 Å². The molecule has 1 N–H and O–H groups in total. The maximum atomic E-state index is 13.5. The lowest BCUT2D eigenvalue weighted by Crippen LogP contribution is -2.38. The maximum absolute atomic E-state index is 13.5. The van der Waals surface area contributed by atoms with E-state index in [1.54, 1.807) is 7.11 Å². The molecule has 0 amide bonds. The van der Waals surface area contributed by atoms with Crippen LogP contribution in [0, 0.1) is 5.41 Å². The number of nitrogens with one attached hydrogen (secondary N) is 1. The van der Waals surface area contributed by atoms with Crippen LogP contribution in [0.15, 0.2) is 83.7 Å². The molecule has 0 radical (unpaired) electrons. The number of hydrogen-bond donors (Lipinski definition) is 1. The highest BCUT2D eigenvalue weighted by molar-refractivity contribution is 6.04. The number of hydrogen-bond acceptors (Lipinski definition) is 6. The second-order valence-corrected chi connectivity index (χ2v) is 10.0. The Morgan fingerprint density at radius 2 is 1.89 bits per heavy atom. The molecule has 2 aromatic carbocycles. The molecule has 1 aliphatic carbocycles. The largest absolute Gasteiger partial charge is 0.493 e. The average Bonchev–Trinajstić information content (AvgIpc) is 2.85. The number of carbonyl (C=O) groups is 2. The average molecular weight is 488 g/mol. The summed E-state index contributed by atoms with van der Waals surface area (Å²) in [4.78, 5) is 26.6. The van der Waals surface area contributed by atoms with E-state index < -0.39 is 11.9 Å². The van der Waals surface area contributed by atoms with E-state index in [1.807, 2.05) is 55.5 Å². The van der Waals surface area contributed by atoms with Crippen LogP contribution in [0.4, 0.5) is 0 Å². The SMILES string of the molecule is C=CCOC(=O)C1=C(C)NC2=C(C(=O)CC(C)(C)C2)C1c1ccc(OCc2ccccc2)c(OC)c1. The molecule has 0 fully saturated rings. The highest BCUT2D eigenvalue weighted by atomic mass is 16.5. The lowest BCUT2D eigenvalue weighted by atomic mass is 9.68. The van der Waals surface area contributed by atoms with Crippen LogP contribution in [0.25, 0.3) is 0 Å². The number of esters is 1. The zero-order valence-electron chi connectivity index (χ0n) is 21.4. The van der Waals surface area contributed by atoms with Gasteiger partial charge in [0, 0.05) is 29.3 Å². The number of benzene rings is 2. The van der Waals surface area contributed by atoms with Gasteiger partial charge < -0.3 is 19.5 Å². The molecule has 0 bridgehead atoms. The van der Waals surface area contributed by atoms with Gasteiger partial charge in [-0.15, -0.1) is 0 Å². The highest BCUT2D eigenvalue weighted by Crippen LogP contribution is 2.48. The molecule has 36 heavy (non-hydrogen) atoms. The first-order valence-corrected chi connectivity index (χ1v) is 12.1. The van der Waals surface area contributed by atoms with Gasteiger partial charge in [0.15, 0.2) is 17.3 Å². The molecule has 4 rings (SSSR count). The summed E-state index contributed by atoms with van der Waals surface area (Å²) in [6.07, 6.45) is 2.65. The molecule has 1 heterocycles. The maximum Gasteiger partial charge on any atom is 0.337 e. The summed E-state index contributed by atoms with van der Waals surface area (Å²) < 4.78 is 17.1. The fourth-order valence-corrected chi connectivity index (χ4v) is 4.97. The quantitative estimate of drug-likeness (QED) is 0.386. The number of ketones is 1. The second-order valence-electron chi connectivity index (χ2n) is 10.0. The minimum Gasteiger partial charge on any atom is -0.493 e. The molecule has 6 nitrogen and oxygen atoms in total. The first kappa shape index (κ1) is 25.3. The predicted octanol–water partition coefficient (Wildman–Crippen LogP) is 5.61. The summed E-state index contributed by atoms with van der Waals surface area (Å²) in [5.41, 5.74) is 4.23. The number of carbonyl (C=O) groups excluding carboxylic acids is 2. The third-order valence-corrected chi connectivity index (χ3v) is 6.55. The first-order chi connectivity index (χ1) is 17.2. The molecule has 0 saturated heterocycles. The Bertz CT molecular complexity index is 1240. The zero-order chi connectivity index (χ0) is 25.9. The van der Waals surface area contributed by atoms with E-state index in [0.29, 0.717) is 47.8 Å². The number of rotatable bonds is 8. The molecule has 1 aliphatic heterocycles. The van der Waals surface area contributed by atoms with Gasteiger partial charge in [-0.1, -0.05) is 62.9 Å². The standard InChI is InChI=1S/C30H33NO5/c1-6-14-35-29(33)26-19(2)31-22-16-30(3,4)17-23(32)28(22)27(26)21-12-13-24(25(15-21)34-5)36-18-20-10-8-7-9-11-20/h6-13,15,27,31H,1,14,16-18H2,2-5H3. The van der Waals surface area contributed by atoms with Crippen LogP contribution in [0.2, 0.25) is 0 Å². The van der Waals surface area contributed by atoms with Crippen LogP contribution in [0.5, 0.6) is 11.5 Å². The van der Waals surface area contributed by atoms with Crippen LogP contribution in [-0.4, -0.2) is 25.5 Å². The van der Waals surface area contributed by atoms with Gasteiger partial charge in [-0.25, -0.2) is 4.79 Å². The van der Waals surface area contributed by atoms with Crippen molar-refractivity contribution in [3.63, 3.8) is 0 Å². The molecular formula is C30H33NO5. The Labute approximate surface area is 212 Å². The molecule has 6 heteroatoms. The highest BCUT2D eigenvalue weighted by Gasteiger charge is 2.43. The van der Waals surface area contributed by atoms with Crippen LogP contribution in [0.1, 0.15) is 50.7 Å². The van der Waals surface area contributed by atoms with Crippen molar-refractivity contribution in [2.75, 3.05) is 13.7 Å². The Balaban J connectivity index is 1.75. The molecule has 0 saturated carbocycles. The third kappa shape index (κ3) is 5.23. The summed E-state index contributed by atoms with van der Waals surface area (Å²) in [6.45, 7) is 10.1. The van der Waals surface area contributed by atoms with Crippen molar-refractivity contribution in [2.24, 2.45) is 5.41 Å². The lowest BCUT2D eigenvalue weighted by Gasteiger charge is -2.39. The smallest absolute Gasteiger partial charge is 0.337 e. The molecule has 1 unspecified atom stereocenters. The third-order valence-electron chi connectivity index (χ3n) is 6.55. The van der Waals surface area contributed by atoms with E-state index in [4.69, 9.17) is 14.2 Å². The summed E-state index contributed by atoms with van der Waals surface area (Å²) in [6, 6.07) is 15.5. The van der Waals surface area contributed by atoms with Crippen LogP contribution in [-0.2, 0) is 20.9 Å². The molecular weight excluding hydrogens is 454 g/mol. The fraction of sp³-hybridized carbons (Fsp3) is 0.333. The number of dihydropyridines is 1. The molecule has 0 spiro atoms. The predicted molar refractivity (Wildman–Crippen MR) is 139 cm³/mol. The van der Waals surface area contributed by atoms with E-state index in [-0.39, 0.29) is 17.8 Å². The van der Waals surface area contributed by atoms with E-state index in [2.05, 4.69) is 25.7 Å². The number of Topliss-reactive ketones (excluding diaryl/α,β-unsaturated/α-hetero) is 1. The molecule has 188 valence electrons. The van der Waals surface area contributed by atoms with Gasteiger partial charge in [0.1, 0.15) is 13.2 Å². The molecule has 2 aromatic rings. The number of ether oxygens (including phenoxy) is 3. The Kier molecular flexibility index (Phi) is 7.34. The van der Waals surface area contributed by atoms with Crippen molar-refractivity contribution in [1.82, 2.24) is 5.32 Å². The number of methoxy groups -OCH3 is 1. The van der Waals surface area contributed by atoms with Crippen molar-refractivity contribution in [1.29, 1.82) is 0 Å². The van der Waals surface area contributed by atoms with E-state index in [1.165, 1.54) is 6.08 Å². The van der Waals surface area contributed by atoms with E-state index >= 15 is 0 Å². The van der Waals surface area contributed by atoms with Gasteiger partial charge in [-0.2, -0.15) is 0 Å². The molecule has 0 aromatic heterocycles. The topological polar surface area (TPSA) is 73.9 Å². The summed E-state index contributed by atoms with van der Waals surface area (Å²) in [5.74, 6) is 0.102. The fourth-order valence-electron chi connectivity index (χ4n) is 4.97. The monoisotopic (exact) mass is 487 g/mol. The van der Waals surface area contributed by atoms with Crippen molar-refractivity contribution in [2.45, 2.75) is 46.1 Å². The van der Waals surface area contributed by atoms with Gasteiger partial charge in [-0.3, -0.25) is 4.79 Å². The Hall–Kier alpha value is -3.80. The second kappa shape index (κ2) is 10.4. The Morgan fingerprint density at radius 3 is 2.58 bits per heavy atom. The van der Waals surface area contributed by atoms with E-state index in [9.17, 15) is 9.59 Å². The molecule has 1 atom stereocenters. The van der Waals surface area contributed by atoms with Crippen molar-refractivity contribution in [3.05, 3.63) is 94.9 Å². The normalized spacial score (nSPS) is 18.8. The van der Waals surface area contributed by atoms with Crippen molar-refractivity contribution >= 4 is 11.8 Å².